The van der Waals surface area contributed by atoms with Crippen molar-refractivity contribution in [2.45, 2.75) is 31.3 Å². The van der Waals surface area contributed by atoms with Crippen molar-refractivity contribution in [3.63, 3.8) is 0 Å². The molecule has 0 bridgehead atoms. The van der Waals surface area contributed by atoms with E-state index in [9.17, 15) is 0 Å². The molecule has 2 heterocycles. The van der Waals surface area contributed by atoms with Crippen molar-refractivity contribution >= 4 is 11.8 Å². The van der Waals surface area contributed by atoms with Crippen LogP contribution in [0.4, 0.5) is 11.8 Å². The third kappa shape index (κ3) is 2.49. The Bertz CT molecular complexity index is 390. The summed E-state index contributed by atoms with van der Waals surface area (Å²) in [4.78, 5) is 11.2. The van der Waals surface area contributed by atoms with Crippen molar-refractivity contribution in [2.75, 3.05) is 30.4 Å². The number of hydrogen-bond donors (Lipinski definition) is 2. The van der Waals surface area contributed by atoms with Crippen LogP contribution in [-0.2, 0) is 0 Å². The van der Waals surface area contributed by atoms with Gasteiger partial charge in [0.1, 0.15) is 5.82 Å². The zero-order chi connectivity index (χ0) is 11.7. The number of rotatable bonds is 4. The monoisotopic (exact) mass is 233 g/mol. The molecule has 1 aliphatic carbocycles. The van der Waals surface area contributed by atoms with Gasteiger partial charge in [-0.1, -0.05) is 0 Å². The smallest absolute Gasteiger partial charge is 0.224 e. The maximum atomic E-state index is 4.58. The summed E-state index contributed by atoms with van der Waals surface area (Å²) in [6, 6.07) is 3.19. The van der Waals surface area contributed by atoms with Gasteiger partial charge in [-0.25, -0.2) is 4.98 Å². The van der Waals surface area contributed by atoms with Crippen molar-refractivity contribution in [2.24, 2.45) is 0 Å². The second-order valence-electron chi connectivity index (χ2n) is 4.88. The van der Waals surface area contributed by atoms with Crippen LogP contribution in [0.3, 0.4) is 0 Å². The molecule has 1 aliphatic heterocycles. The average molecular weight is 233 g/mol. The van der Waals surface area contributed by atoms with Crippen LogP contribution in [0.2, 0.25) is 0 Å². The molecule has 1 aromatic heterocycles. The van der Waals surface area contributed by atoms with Crippen molar-refractivity contribution in [3.8, 4) is 0 Å². The molecule has 0 amide bonds. The van der Waals surface area contributed by atoms with E-state index >= 15 is 0 Å². The predicted octanol–water partition coefficient (Wildman–Crippen LogP) is 0.849. The highest BCUT2D eigenvalue weighted by Gasteiger charge is 2.24. The van der Waals surface area contributed by atoms with Gasteiger partial charge in [0.15, 0.2) is 0 Å². The first-order valence-corrected chi connectivity index (χ1v) is 6.37. The van der Waals surface area contributed by atoms with Crippen molar-refractivity contribution in [1.82, 2.24) is 15.3 Å². The fraction of sp³-hybridized carbons (Fsp3) is 0.667. The molecule has 2 fully saturated rings. The van der Waals surface area contributed by atoms with E-state index in [0.717, 1.165) is 24.9 Å². The Kier molecular flexibility index (Phi) is 2.84. The van der Waals surface area contributed by atoms with Gasteiger partial charge in [-0.3, -0.25) is 0 Å². The molecular weight excluding hydrogens is 214 g/mol. The number of nitrogens with one attached hydrogen (secondary N) is 2. The van der Waals surface area contributed by atoms with E-state index < -0.39 is 0 Å². The molecule has 3 rings (SSSR count). The standard InChI is InChI=1S/C12H19N5/c1-13-10-5-7-17(8-10)11-4-6-14-12(16-11)15-9-2-3-9/h4,6,9-10,13H,2-3,5,7-8H2,1H3,(H,14,15,16)/t10-/m1/s1. The zero-order valence-electron chi connectivity index (χ0n) is 10.2. The van der Waals surface area contributed by atoms with Crippen molar-refractivity contribution < 1.29 is 0 Å². The van der Waals surface area contributed by atoms with Gasteiger partial charge in [0.25, 0.3) is 0 Å². The van der Waals surface area contributed by atoms with Crippen LogP contribution in [0.5, 0.6) is 0 Å². The zero-order valence-corrected chi connectivity index (χ0v) is 10.2. The van der Waals surface area contributed by atoms with Gasteiger partial charge < -0.3 is 15.5 Å². The van der Waals surface area contributed by atoms with Crippen LogP contribution in [-0.4, -0.2) is 42.2 Å². The first-order chi connectivity index (χ1) is 8.35. The molecule has 1 aromatic rings. The van der Waals surface area contributed by atoms with Gasteiger partial charge in [0, 0.05) is 31.4 Å². The number of likely N-dealkylation sites (N-methyl/N-ethyl adjacent to an activating group) is 1. The topological polar surface area (TPSA) is 53.1 Å². The highest BCUT2D eigenvalue weighted by molar-refractivity contribution is 5.44. The number of aromatic nitrogens is 2. The predicted molar refractivity (Wildman–Crippen MR) is 68.4 cm³/mol. The Morgan fingerprint density at radius 1 is 1.29 bits per heavy atom. The van der Waals surface area contributed by atoms with Crippen LogP contribution >= 0.6 is 0 Å². The lowest BCUT2D eigenvalue weighted by atomic mass is 10.3. The van der Waals surface area contributed by atoms with Gasteiger partial charge in [-0.15, -0.1) is 0 Å². The molecule has 17 heavy (non-hydrogen) atoms. The largest absolute Gasteiger partial charge is 0.355 e. The van der Waals surface area contributed by atoms with E-state index in [-0.39, 0.29) is 0 Å². The summed E-state index contributed by atoms with van der Waals surface area (Å²) in [7, 11) is 2.02. The summed E-state index contributed by atoms with van der Waals surface area (Å²) in [6.07, 6.45) is 5.53. The number of anilines is 2. The second-order valence-corrected chi connectivity index (χ2v) is 4.88. The molecule has 92 valence electrons. The number of hydrogen-bond acceptors (Lipinski definition) is 5. The van der Waals surface area contributed by atoms with Gasteiger partial charge in [0.2, 0.25) is 5.95 Å². The molecule has 5 nitrogen and oxygen atoms in total. The first kappa shape index (κ1) is 10.8. The maximum absolute atomic E-state index is 4.58. The van der Waals surface area contributed by atoms with Gasteiger partial charge in [-0.05, 0) is 32.4 Å². The quantitative estimate of drug-likeness (QED) is 0.807. The highest BCUT2D eigenvalue weighted by atomic mass is 15.3. The number of nitrogens with zero attached hydrogens (tertiary/aromatic N) is 3. The van der Waals surface area contributed by atoms with E-state index in [0.29, 0.717) is 12.1 Å². The molecule has 1 saturated heterocycles. The third-order valence-corrected chi connectivity index (χ3v) is 3.47. The molecule has 2 N–H and O–H groups in total. The van der Waals surface area contributed by atoms with Crippen molar-refractivity contribution in [1.29, 1.82) is 0 Å². The van der Waals surface area contributed by atoms with Crippen molar-refractivity contribution in [3.05, 3.63) is 12.3 Å². The molecule has 1 saturated carbocycles. The maximum Gasteiger partial charge on any atom is 0.224 e. The second kappa shape index (κ2) is 4.49. The summed E-state index contributed by atoms with van der Waals surface area (Å²) in [5, 5.41) is 6.66. The van der Waals surface area contributed by atoms with Crippen LogP contribution in [0.1, 0.15) is 19.3 Å². The average Bonchev–Trinajstić information content (AvgIpc) is 3.04. The lowest BCUT2D eigenvalue weighted by Gasteiger charge is -2.17. The SMILES string of the molecule is CN[C@@H]1CCN(c2ccnc(NC3CC3)n2)C1. The van der Waals surface area contributed by atoms with Gasteiger partial charge >= 0.3 is 0 Å². The Balaban J connectivity index is 1.69. The summed E-state index contributed by atoms with van der Waals surface area (Å²) in [5.41, 5.74) is 0. The summed E-state index contributed by atoms with van der Waals surface area (Å²) < 4.78 is 0. The van der Waals surface area contributed by atoms with E-state index in [1.807, 2.05) is 19.3 Å². The van der Waals surface area contributed by atoms with Crippen LogP contribution in [0.25, 0.3) is 0 Å². The Morgan fingerprint density at radius 3 is 2.88 bits per heavy atom. The van der Waals surface area contributed by atoms with Crippen LogP contribution in [0, 0.1) is 0 Å². The van der Waals surface area contributed by atoms with Gasteiger partial charge in [-0.2, -0.15) is 4.98 Å². The summed E-state index contributed by atoms with van der Waals surface area (Å²) in [5.74, 6) is 1.82. The summed E-state index contributed by atoms with van der Waals surface area (Å²) in [6.45, 7) is 2.11. The minimum absolute atomic E-state index is 0.588. The Hall–Kier alpha value is -1.36. The lowest BCUT2D eigenvalue weighted by molar-refractivity contribution is 0.616. The minimum atomic E-state index is 0.588. The molecule has 0 radical (unpaired) electrons. The lowest BCUT2D eigenvalue weighted by Crippen LogP contribution is -2.30. The summed E-state index contributed by atoms with van der Waals surface area (Å²) >= 11 is 0. The minimum Gasteiger partial charge on any atom is -0.355 e. The van der Waals surface area contributed by atoms with Gasteiger partial charge in [0.05, 0.1) is 0 Å². The Labute approximate surface area is 102 Å². The molecule has 1 atom stereocenters. The fourth-order valence-corrected chi connectivity index (χ4v) is 2.21. The molecule has 0 unspecified atom stereocenters. The van der Waals surface area contributed by atoms with E-state index in [2.05, 4.69) is 25.5 Å². The highest BCUT2D eigenvalue weighted by Crippen LogP contribution is 2.24. The van der Waals surface area contributed by atoms with E-state index in [1.54, 1.807) is 0 Å². The fourth-order valence-electron chi connectivity index (χ4n) is 2.21. The van der Waals surface area contributed by atoms with E-state index in [1.165, 1.54) is 19.3 Å². The molecule has 2 aliphatic rings. The third-order valence-electron chi connectivity index (χ3n) is 3.47. The van der Waals surface area contributed by atoms with Crippen LogP contribution in [0.15, 0.2) is 12.3 Å². The molecular formula is C12H19N5. The molecule has 0 spiro atoms. The van der Waals surface area contributed by atoms with Crippen LogP contribution < -0.4 is 15.5 Å². The normalized spacial score (nSPS) is 24.1. The Morgan fingerprint density at radius 2 is 2.18 bits per heavy atom. The molecule has 5 heteroatoms. The first-order valence-electron chi connectivity index (χ1n) is 6.37. The molecule has 0 aromatic carbocycles. The van der Waals surface area contributed by atoms with E-state index in [4.69, 9.17) is 0 Å².